The summed E-state index contributed by atoms with van der Waals surface area (Å²) in [6, 6.07) is 3.73. The van der Waals surface area contributed by atoms with Gasteiger partial charge in [0.2, 0.25) is 5.88 Å². The average molecular weight is 236 g/mol. The van der Waals surface area contributed by atoms with Crippen LogP contribution in [-0.2, 0) is 6.61 Å². The summed E-state index contributed by atoms with van der Waals surface area (Å²) < 4.78 is 5.86. The largest absolute Gasteiger partial charge is 0.474 e. The second-order valence-corrected chi connectivity index (χ2v) is 4.67. The molecular weight excluding hydrogens is 216 g/mol. The van der Waals surface area contributed by atoms with Crippen LogP contribution in [0.1, 0.15) is 24.1 Å². The van der Waals surface area contributed by atoms with Gasteiger partial charge < -0.3 is 14.7 Å². The van der Waals surface area contributed by atoms with E-state index < -0.39 is 0 Å². The maximum Gasteiger partial charge on any atom is 0.213 e. The predicted octanol–water partition coefficient (Wildman–Crippen LogP) is 1.36. The fraction of sp³-hybridized carbons (Fsp3) is 0.615. The highest BCUT2D eigenvalue weighted by Gasteiger charge is 2.18. The molecule has 4 nitrogen and oxygen atoms in total. The zero-order chi connectivity index (χ0) is 12.3. The fourth-order valence-electron chi connectivity index (χ4n) is 2.07. The van der Waals surface area contributed by atoms with E-state index in [0.717, 1.165) is 37.2 Å². The number of likely N-dealkylation sites (tertiary alicyclic amines) is 1. The third kappa shape index (κ3) is 3.17. The zero-order valence-corrected chi connectivity index (χ0v) is 10.5. The number of pyridine rings is 1. The van der Waals surface area contributed by atoms with E-state index in [1.54, 1.807) is 0 Å². The molecule has 0 bridgehead atoms. The van der Waals surface area contributed by atoms with Gasteiger partial charge in [0, 0.05) is 24.8 Å². The number of ether oxygens (including phenoxy) is 1. The van der Waals surface area contributed by atoms with E-state index in [1.165, 1.54) is 0 Å². The van der Waals surface area contributed by atoms with E-state index in [2.05, 4.69) is 16.9 Å². The average Bonchev–Trinajstić information content (AvgIpc) is 2.32. The summed E-state index contributed by atoms with van der Waals surface area (Å²) in [5.41, 5.74) is 1.71. The lowest BCUT2D eigenvalue weighted by Gasteiger charge is -2.29. The Morgan fingerprint density at radius 2 is 2.12 bits per heavy atom. The molecule has 0 radical (unpaired) electrons. The molecular formula is C13H20N2O2. The van der Waals surface area contributed by atoms with Crippen LogP contribution in [0, 0.1) is 6.92 Å². The molecule has 4 heteroatoms. The van der Waals surface area contributed by atoms with Crippen LogP contribution in [-0.4, -0.2) is 41.2 Å². The molecule has 1 fully saturated rings. The van der Waals surface area contributed by atoms with Crippen molar-refractivity contribution in [3.8, 4) is 5.88 Å². The Labute approximate surface area is 102 Å². The monoisotopic (exact) mass is 236 g/mol. The Bertz CT molecular complexity index is 374. The number of aromatic nitrogens is 1. The van der Waals surface area contributed by atoms with Gasteiger partial charge in [0.05, 0.1) is 6.61 Å². The molecule has 1 N–H and O–H groups in total. The van der Waals surface area contributed by atoms with Crippen molar-refractivity contribution in [2.75, 3.05) is 20.1 Å². The van der Waals surface area contributed by atoms with Crippen molar-refractivity contribution in [2.45, 2.75) is 32.5 Å². The highest BCUT2D eigenvalue weighted by molar-refractivity contribution is 5.24. The molecule has 1 aliphatic heterocycles. The molecule has 0 aliphatic carbocycles. The van der Waals surface area contributed by atoms with E-state index in [4.69, 9.17) is 9.84 Å². The lowest BCUT2D eigenvalue weighted by molar-refractivity contribution is 0.110. The summed E-state index contributed by atoms with van der Waals surface area (Å²) in [7, 11) is 2.13. The molecule has 0 amide bonds. The van der Waals surface area contributed by atoms with E-state index in [1.807, 2.05) is 19.1 Å². The van der Waals surface area contributed by atoms with Crippen LogP contribution in [0.4, 0.5) is 0 Å². The first-order valence-corrected chi connectivity index (χ1v) is 6.11. The SMILES string of the molecule is Cc1nc(OC2CCN(C)CC2)ccc1CO. The Morgan fingerprint density at radius 3 is 2.71 bits per heavy atom. The quantitative estimate of drug-likeness (QED) is 0.860. The predicted molar refractivity (Wildman–Crippen MR) is 66.0 cm³/mol. The summed E-state index contributed by atoms with van der Waals surface area (Å²) in [5, 5.41) is 9.07. The molecule has 17 heavy (non-hydrogen) atoms. The minimum Gasteiger partial charge on any atom is -0.474 e. The molecule has 1 aliphatic rings. The van der Waals surface area contributed by atoms with Crippen LogP contribution in [0.3, 0.4) is 0 Å². The van der Waals surface area contributed by atoms with E-state index in [0.29, 0.717) is 5.88 Å². The van der Waals surface area contributed by atoms with Crippen molar-refractivity contribution in [3.63, 3.8) is 0 Å². The molecule has 2 rings (SSSR count). The molecule has 1 aromatic heterocycles. The van der Waals surface area contributed by atoms with E-state index >= 15 is 0 Å². The van der Waals surface area contributed by atoms with Crippen LogP contribution < -0.4 is 4.74 Å². The summed E-state index contributed by atoms with van der Waals surface area (Å²) in [6.45, 7) is 4.09. The number of rotatable bonds is 3. The van der Waals surface area contributed by atoms with Crippen molar-refractivity contribution in [2.24, 2.45) is 0 Å². The van der Waals surface area contributed by atoms with E-state index in [9.17, 15) is 0 Å². The summed E-state index contributed by atoms with van der Waals surface area (Å²) in [4.78, 5) is 6.67. The fourth-order valence-corrected chi connectivity index (χ4v) is 2.07. The highest BCUT2D eigenvalue weighted by atomic mass is 16.5. The number of hydrogen-bond acceptors (Lipinski definition) is 4. The smallest absolute Gasteiger partial charge is 0.213 e. The number of nitrogens with zero attached hydrogens (tertiary/aromatic N) is 2. The molecule has 1 saturated heterocycles. The third-order valence-electron chi connectivity index (χ3n) is 3.29. The molecule has 0 spiro atoms. The maximum absolute atomic E-state index is 9.07. The molecule has 0 atom stereocenters. The van der Waals surface area contributed by atoms with Gasteiger partial charge in [-0.3, -0.25) is 0 Å². The number of piperidine rings is 1. The van der Waals surface area contributed by atoms with Crippen LogP contribution in [0.5, 0.6) is 5.88 Å². The first-order valence-electron chi connectivity index (χ1n) is 6.11. The Hall–Kier alpha value is -1.13. The van der Waals surface area contributed by atoms with Gasteiger partial charge in [0.1, 0.15) is 6.10 Å². The number of aryl methyl sites for hydroxylation is 1. The minimum atomic E-state index is 0.0351. The van der Waals surface area contributed by atoms with Gasteiger partial charge in [-0.1, -0.05) is 0 Å². The first kappa shape index (κ1) is 12.3. The molecule has 2 heterocycles. The second kappa shape index (κ2) is 5.47. The number of hydrogen-bond donors (Lipinski definition) is 1. The lowest BCUT2D eigenvalue weighted by atomic mass is 10.1. The Balaban J connectivity index is 1.97. The topological polar surface area (TPSA) is 45.6 Å². The zero-order valence-electron chi connectivity index (χ0n) is 10.5. The van der Waals surface area contributed by atoms with Gasteiger partial charge in [-0.05, 0) is 38.4 Å². The van der Waals surface area contributed by atoms with Crippen molar-refractivity contribution in [1.29, 1.82) is 0 Å². The van der Waals surface area contributed by atoms with E-state index in [-0.39, 0.29) is 12.7 Å². The van der Waals surface area contributed by atoms with Crippen molar-refractivity contribution in [3.05, 3.63) is 23.4 Å². The van der Waals surface area contributed by atoms with Crippen molar-refractivity contribution >= 4 is 0 Å². The Morgan fingerprint density at radius 1 is 1.41 bits per heavy atom. The summed E-state index contributed by atoms with van der Waals surface area (Å²) >= 11 is 0. The normalized spacial score (nSPS) is 18.3. The maximum atomic E-state index is 9.07. The summed E-state index contributed by atoms with van der Waals surface area (Å²) in [5.74, 6) is 0.675. The van der Waals surface area contributed by atoms with Gasteiger partial charge in [-0.2, -0.15) is 0 Å². The van der Waals surface area contributed by atoms with Crippen LogP contribution >= 0.6 is 0 Å². The standard InChI is InChI=1S/C13H20N2O2/c1-10-11(9-16)3-4-13(14-10)17-12-5-7-15(2)8-6-12/h3-4,12,16H,5-9H2,1-2H3. The highest BCUT2D eigenvalue weighted by Crippen LogP contribution is 2.18. The minimum absolute atomic E-state index is 0.0351. The van der Waals surface area contributed by atoms with Gasteiger partial charge in [-0.15, -0.1) is 0 Å². The molecule has 94 valence electrons. The molecule has 1 aromatic rings. The molecule has 0 saturated carbocycles. The van der Waals surface area contributed by atoms with Gasteiger partial charge in [0.15, 0.2) is 0 Å². The van der Waals surface area contributed by atoms with Gasteiger partial charge in [0.25, 0.3) is 0 Å². The molecule has 0 unspecified atom stereocenters. The van der Waals surface area contributed by atoms with Crippen molar-refractivity contribution < 1.29 is 9.84 Å². The van der Waals surface area contributed by atoms with Crippen molar-refractivity contribution in [1.82, 2.24) is 9.88 Å². The first-order chi connectivity index (χ1) is 8.19. The van der Waals surface area contributed by atoms with Gasteiger partial charge in [-0.25, -0.2) is 4.98 Å². The third-order valence-corrected chi connectivity index (χ3v) is 3.29. The number of aliphatic hydroxyl groups is 1. The van der Waals surface area contributed by atoms with Crippen LogP contribution in [0.15, 0.2) is 12.1 Å². The number of aliphatic hydroxyl groups excluding tert-OH is 1. The summed E-state index contributed by atoms with van der Waals surface area (Å²) in [6.07, 6.45) is 2.39. The Kier molecular flexibility index (Phi) is 3.97. The van der Waals surface area contributed by atoms with Crippen LogP contribution in [0.25, 0.3) is 0 Å². The van der Waals surface area contributed by atoms with Gasteiger partial charge >= 0.3 is 0 Å². The molecule has 0 aromatic carbocycles. The second-order valence-electron chi connectivity index (χ2n) is 4.67. The lowest BCUT2D eigenvalue weighted by Crippen LogP contribution is -2.35. The van der Waals surface area contributed by atoms with Crippen LogP contribution in [0.2, 0.25) is 0 Å².